The fourth-order valence-corrected chi connectivity index (χ4v) is 2.89. The molecule has 0 bridgehead atoms. The van der Waals surface area contributed by atoms with Crippen LogP contribution in [-0.2, 0) is 16.1 Å². The highest BCUT2D eigenvalue weighted by atomic mass is 19.1. The van der Waals surface area contributed by atoms with Gasteiger partial charge in [0.1, 0.15) is 11.6 Å². The number of nitrogens with zero attached hydrogens (tertiary/aromatic N) is 2. The van der Waals surface area contributed by atoms with Crippen LogP contribution in [0.15, 0.2) is 42.6 Å². The topological polar surface area (TPSA) is 100 Å². The van der Waals surface area contributed by atoms with Crippen LogP contribution in [0.5, 0.6) is 0 Å². The number of anilines is 1. The number of likely N-dealkylation sites (N-methyl/N-ethyl adjacent to an activating group) is 1. The minimum atomic E-state index is -0.659. The van der Waals surface area contributed by atoms with E-state index in [9.17, 15) is 14.0 Å². The molecule has 0 saturated carbocycles. The Kier molecular flexibility index (Phi) is 8.29. The van der Waals surface area contributed by atoms with Gasteiger partial charge in [-0.25, -0.2) is 9.37 Å². The van der Waals surface area contributed by atoms with Gasteiger partial charge in [0.2, 0.25) is 11.8 Å². The number of carbonyl (C=O) groups excluding carboxylic acids is 2. The summed E-state index contributed by atoms with van der Waals surface area (Å²) in [7, 11) is 1.87. The first kappa shape index (κ1) is 23.3. The summed E-state index contributed by atoms with van der Waals surface area (Å²) in [5, 5.41) is 5.70. The van der Waals surface area contributed by atoms with Crippen molar-refractivity contribution in [2.24, 2.45) is 0 Å². The van der Waals surface area contributed by atoms with Gasteiger partial charge in [0.25, 0.3) is 0 Å². The lowest BCUT2D eigenvalue weighted by atomic mass is 9.97. The zero-order valence-electron chi connectivity index (χ0n) is 17.9. The Balaban J connectivity index is 2.08. The molecule has 162 valence electrons. The molecule has 2 amide bonds. The number of nitrogen functional groups attached to an aromatic ring is 1. The molecule has 0 aliphatic carbocycles. The van der Waals surface area contributed by atoms with Crippen molar-refractivity contribution in [2.45, 2.75) is 45.3 Å². The summed E-state index contributed by atoms with van der Waals surface area (Å²) in [4.78, 5) is 31.4. The van der Waals surface area contributed by atoms with E-state index in [4.69, 9.17) is 5.73 Å². The molecule has 0 unspecified atom stereocenters. The summed E-state index contributed by atoms with van der Waals surface area (Å²) in [6.07, 6.45) is 1.59. The zero-order valence-corrected chi connectivity index (χ0v) is 17.9. The molecule has 7 nitrogen and oxygen atoms in total. The molecule has 1 aromatic carbocycles. The number of benzene rings is 1. The summed E-state index contributed by atoms with van der Waals surface area (Å²) >= 11 is 0. The van der Waals surface area contributed by atoms with Gasteiger partial charge in [-0.3, -0.25) is 14.5 Å². The Hall–Kier alpha value is -3.00. The number of hydrogen-bond donors (Lipinski definition) is 3. The van der Waals surface area contributed by atoms with Gasteiger partial charge in [0.05, 0.1) is 12.0 Å². The molecule has 1 aromatic heterocycles. The van der Waals surface area contributed by atoms with Crippen molar-refractivity contribution in [1.82, 2.24) is 20.5 Å². The Bertz CT molecular complexity index is 840. The fourth-order valence-electron chi connectivity index (χ4n) is 2.89. The van der Waals surface area contributed by atoms with E-state index in [1.807, 2.05) is 32.7 Å². The van der Waals surface area contributed by atoms with Gasteiger partial charge in [0, 0.05) is 25.3 Å². The van der Waals surface area contributed by atoms with Crippen molar-refractivity contribution in [3.05, 3.63) is 59.5 Å². The number of pyridine rings is 1. The van der Waals surface area contributed by atoms with Crippen LogP contribution in [0, 0.1) is 5.82 Å². The van der Waals surface area contributed by atoms with E-state index in [0.717, 1.165) is 5.56 Å². The average molecular weight is 416 g/mol. The van der Waals surface area contributed by atoms with E-state index in [1.165, 1.54) is 12.1 Å². The molecule has 2 aromatic rings. The largest absolute Gasteiger partial charge is 0.384 e. The summed E-state index contributed by atoms with van der Waals surface area (Å²) in [5.74, 6) is -1.09. The minimum absolute atomic E-state index is 0.104. The lowest BCUT2D eigenvalue weighted by Crippen LogP contribution is -2.47. The maximum atomic E-state index is 13.3. The van der Waals surface area contributed by atoms with Crippen LogP contribution in [0.4, 0.5) is 10.2 Å². The number of nitrogens with one attached hydrogen (secondary N) is 2. The Labute approximate surface area is 176 Å². The molecule has 0 spiro atoms. The minimum Gasteiger partial charge on any atom is -0.384 e. The maximum Gasteiger partial charge on any atom is 0.237 e. The summed E-state index contributed by atoms with van der Waals surface area (Å²) in [5.41, 5.74) is 7.00. The summed E-state index contributed by atoms with van der Waals surface area (Å²) < 4.78 is 13.3. The van der Waals surface area contributed by atoms with Gasteiger partial charge < -0.3 is 16.4 Å². The number of carbonyl (C=O) groups is 2. The third kappa shape index (κ3) is 6.52. The highest BCUT2D eigenvalue weighted by molar-refractivity contribution is 5.86. The Morgan fingerprint density at radius 1 is 1.07 bits per heavy atom. The van der Waals surface area contributed by atoms with Crippen LogP contribution in [0.25, 0.3) is 0 Å². The quantitative estimate of drug-likeness (QED) is 0.582. The van der Waals surface area contributed by atoms with Gasteiger partial charge >= 0.3 is 0 Å². The Morgan fingerprint density at radius 3 is 2.30 bits per heavy atom. The van der Waals surface area contributed by atoms with Crippen molar-refractivity contribution < 1.29 is 14.0 Å². The lowest BCUT2D eigenvalue weighted by Gasteiger charge is -2.28. The van der Waals surface area contributed by atoms with E-state index in [1.54, 1.807) is 30.5 Å². The molecule has 0 radical (unpaired) electrons. The van der Waals surface area contributed by atoms with Crippen LogP contribution in [0.3, 0.4) is 0 Å². The zero-order chi connectivity index (χ0) is 22.3. The van der Waals surface area contributed by atoms with Crippen molar-refractivity contribution in [1.29, 1.82) is 0 Å². The number of halogens is 1. The average Bonchev–Trinajstić information content (AvgIpc) is 2.73. The summed E-state index contributed by atoms with van der Waals surface area (Å²) in [6.45, 7) is 6.20. The molecule has 0 aliphatic rings. The lowest BCUT2D eigenvalue weighted by molar-refractivity contribution is -0.126. The van der Waals surface area contributed by atoms with Crippen LogP contribution < -0.4 is 16.4 Å². The monoisotopic (exact) mass is 415 g/mol. The molecule has 2 rings (SSSR count). The molecule has 2 atom stereocenters. The number of nitrogens with two attached hydrogens (primary N) is 1. The first-order chi connectivity index (χ1) is 14.2. The van der Waals surface area contributed by atoms with Crippen LogP contribution in [-0.4, -0.2) is 47.4 Å². The molecule has 4 N–H and O–H groups in total. The second-order valence-corrected chi connectivity index (χ2v) is 7.59. The first-order valence-corrected chi connectivity index (χ1v) is 9.92. The van der Waals surface area contributed by atoms with E-state index >= 15 is 0 Å². The first-order valence-electron chi connectivity index (χ1n) is 9.92. The highest BCUT2D eigenvalue weighted by Gasteiger charge is 2.25. The smallest absolute Gasteiger partial charge is 0.237 e. The van der Waals surface area contributed by atoms with Gasteiger partial charge in [-0.1, -0.05) is 18.2 Å². The number of hydrogen-bond acceptors (Lipinski definition) is 5. The van der Waals surface area contributed by atoms with E-state index < -0.39 is 5.92 Å². The van der Waals surface area contributed by atoms with Gasteiger partial charge in [-0.05, 0) is 57.1 Å². The number of rotatable bonds is 9. The van der Waals surface area contributed by atoms with Crippen LogP contribution in [0.1, 0.15) is 37.8 Å². The third-order valence-electron chi connectivity index (χ3n) is 5.19. The standard InChI is InChI=1S/C22H30FN5O2/c1-14(2)28(4)15(3)21(29)27-13-19(17-6-8-18(23)9-7-17)22(30)26-12-16-5-10-20(24)25-11-16/h5-11,14-15,19H,12-13H2,1-4H3,(H2,24,25)(H,26,30)(H,27,29)/t15-,19-/m0/s1. The number of amides is 2. The highest BCUT2D eigenvalue weighted by Crippen LogP contribution is 2.17. The van der Waals surface area contributed by atoms with E-state index in [2.05, 4.69) is 15.6 Å². The van der Waals surface area contributed by atoms with Crippen molar-refractivity contribution in [3.8, 4) is 0 Å². The second-order valence-electron chi connectivity index (χ2n) is 7.59. The molecular formula is C22H30FN5O2. The van der Waals surface area contributed by atoms with Gasteiger partial charge in [0.15, 0.2) is 0 Å². The molecule has 0 fully saturated rings. The normalized spacial score (nSPS) is 13.2. The van der Waals surface area contributed by atoms with Crippen molar-refractivity contribution in [3.63, 3.8) is 0 Å². The second kappa shape index (κ2) is 10.7. The molecule has 8 heteroatoms. The van der Waals surface area contributed by atoms with Gasteiger partial charge in [-0.15, -0.1) is 0 Å². The molecule has 1 heterocycles. The predicted molar refractivity (Wildman–Crippen MR) is 115 cm³/mol. The van der Waals surface area contributed by atoms with Crippen LogP contribution >= 0.6 is 0 Å². The molecule has 0 aliphatic heterocycles. The molecule has 0 saturated heterocycles. The maximum absolute atomic E-state index is 13.3. The fraction of sp³-hybridized carbons (Fsp3) is 0.409. The molecular weight excluding hydrogens is 385 g/mol. The van der Waals surface area contributed by atoms with Crippen molar-refractivity contribution in [2.75, 3.05) is 19.3 Å². The predicted octanol–water partition coefficient (Wildman–Crippen LogP) is 2.05. The van der Waals surface area contributed by atoms with Crippen molar-refractivity contribution >= 4 is 17.6 Å². The third-order valence-corrected chi connectivity index (χ3v) is 5.19. The van der Waals surface area contributed by atoms with Crippen LogP contribution in [0.2, 0.25) is 0 Å². The SMILES string of the molecule is CC(C)N(C)[C@@H](C)C(=O)NC[C@H](C(=O)NCc1ccc(N)nc1)c1ccc(F)cc1. The van der Waals surface area contributed by atoms with Gasteiger partial charge in [-0.2, -0.15) is 0 Å². The van der Waals surface area contributed by atoms with E-state index in [0.29, 0.717) is 11.4 Å². The number of aromatic nitrogens is 1. The van der Waals surface area contributed by atoms with E-state index in [-0.39, 0.29) is 42.8 Å². The Morgan fingerprint density at radius 2 is 1.73 bits per heavy atom. The summed E-state index contributed by atoms with van der Waals surface area (Å²) in [6, 6.07) is 9.01. The molecule has 30 heavy (non-hydrogen) atoms.